The van der Waals surface area contributed by atoms with Crippen LogP contribution in [0.3, 0.4) is 0 Å². The number of nitrogens with one attached hydrogen (secondary N) is 1. The number of aliphatic hydroxyl groups excluding tert-OH is 5. The summed E-state index contributed by atoms with van der Waals surface area (Å²) in [6, 6.07) is -1.06. The third kappa shape index (κ3) is 42.8. The Morgan fingerprint density at radius 1 is 0.494 bits per heavy atom. The van der Waals surface area contributed by atoms with Crippen LogP contribution in [-0.2, 0) is 23.8 Å². The number of allylic oxidation sites excluding steroid dienone is 17. The first-order valence-electron chi connectivity index (χ1n) is 31.7. The zero-order valence-electron chi connectivity index (χ0n) is 50.0. The second-order valence-corrected chi connectivity index (χ2v) is 21.4. The third-order valence-corrected chi connectivity index (χ3v) is 14.1. The van der Waals surface area contributed by atoms with Gasteiger partial charge in [0, 0.05) is 6.42 Å². The molecule has 11 nitrogen and oxygen atoms in total. The first kappa shape index (κ1) is 73.3. The van der Waals surface area contributed by atoms with Gasteiger partial charge in [0.2, 0.25) is 5.91 Å². The number of amides is 1. The normalized spacial score (nSPS) is 19.6. The van der Waals surface area contributed by atoms with Gasteiger partial charge in [-0.05, 0) is 116 Å². The predicted octanol–water partition coefficient (Wildman–Crippen LogP) is 15.3. The lowest BCUT2D eigenvalue weighted by Gasteiger charge is -2.41. The van der Waals surface area contributed by atoms with Gasteiger partial charge in [0.05, 0.1) is 25.4 Å². The van der Waals surface area contributed by atoms with Gasteiger partial charge in [0.15, 0.2) is 12.4 Å². The van der Waals surface area contributed by atoms with Gasteiger partial charge in [-0.25, -0.2) is 0 Å². The molecule has 79 heavy (non-hydrogen) atoms. The number of ether oxygens (including phenoxy) is 3. The fourth-order valence-corrected chi connectivity index (χ4v) is 9.09. The summed E-state index contributed by atoms with van der Waals surface area (Å²) in [6.07, 6.45) is 64.0. The minimum absolute atomic E-state index is 0.0762. The fourth-order valence-electron chi connectivity index (χ4n) is 9.09. The van der Waals surface area contributed by atoms with Crippen LogP contribution in [0.1, 0.15) is 245 Å². The third-order valence-electron chi connectivity index (χ3n) is 14.1. The van der Waals surface area contributed by atoms with Gasteiger partial charge in [-0.1, -0.05) is 233 Å². The molecule has 8 unspecified atom stereocenters. The second-order valence-electron chi connectivity index (χ2n) is 21.4. The number of carbonyl (C=O) groups is 2. The van der Waals surface area contributed by atoms with Gasteiger partial charge >= 0.3 is 5.97 Å². The van der Waals surface area contributed by atoms with E-state index in [0.717, 1.165) is 103 Å². The molecule has 0 aromatic rings. The molecule has 1 heterocycles. The Balaban J connectivity index is 2.75. The van der Waals surface area contributed by atoms with Gasteiger partial charge in [-0.2, -0.15) is 0 Å². The molecule has 452 valence electrons. The van der Waals surface area contributed by atoms with Gasteiger partial charge in [0.1, 0.15) is 24.4 Å². The van der Waals surface area contributed by atoms with Crippen molar-refractivity contribution in [2.24, 2.45) is 0 Å². The Labute approximate surface area is 481 Å². The summed E-state index contributed by atoms with van der Waals surface area (Å²) in [5, 5.41) is 57.0. The van der Waals surface area contributed by atoms with E-state index in [2.05, 4.69) is 123 Å². The minimum Gasteiger partial charge on any atom is -0.454 e. The first-order chi connectivity index (χ1) is 38.7. The van der Waals surface area contributed by atoms with Crippen molar-refractivity contribution < 1.29 is 49.3 Å². The molecule has 1 fully saturated rings. The molecule has 1 aliphatic heterocycles. The van der Waals surface area contributed by atoms with Crippen LogP contribution in [0.25, 0.3) is 0 Å². The Morgan fingerprint density at radius 2 is 0.873 bits per heavy atom. The molecule has 0 aliphatic carbocycles. The maximum absolute atomic E-state index is 13.4. The molecule has 1 amide bonds. The summed E-state index contributed by atoms with van der Waals surface area (Å²) in [5.41, 5.74) is 0. The highest BCUT2D eigenvalue weighted by atomic mass is 16.7. The van der Waals surface area contributed by atoms with Crippen LogP contribution in [-0.4, -0.2) is 99.6 Å². The van der Waals surface area contributed by atoms with E-state index in [9.17, 15) is 35.1 Å². The molecule has 0 aromatic heterocycles. The summed E-state index contributed by atoms with van der Waals surface area (Å²) in [4.78, 5) is 26.6. The van der Waals surface area contributed by atoms with Crippen molar-refractivity contribution in [3.8, 4) is 0 Å². The van der Waals surface area contributed by atoms with E-state index in [4.69, 9.17) is 14.2 Å². The number of carbonyl (C=O) groups excluding carboxylic acids is 2. The van der Waals surface area contributed by atoms with Crippen molar-refractivity contribution in [1.29, 1.82) is 0 Å². The van der Waals surface area contributed by atoms with Gasteiger partial charge in [-0.3, -0.25) is 9.59 Å². The molecule has 1 aliphatic rings. The molecule has 11 heteroatoms. The van der Waals surface area contributed by atoms with E-state index < -0.39 is 67.4 Å². The topological polar surface area (TPSA) is 175 Å². The Hall–Kier alpha value is -3.68. The molecular formula is C68H115NO10. The molecule has 6 N–H and O–H groups in total. The van der Waals surface area contributed by atoms with Gasteiger partial charge in [-0.15, -0.1) is 0 Å². The van der Waals surface area contributed by atoms with E-state index >= 15 is 0 Å². The zero-order valence-corrected chi connectivity index (χ0v) is 50.0. The van der Waals surface area contributed by atoms with Crippen LogP contribution in [0.5, 0.6) is 0 Å². The summed E-state index contributed by atoms with van der Waals surface area (Å²) in [7, 11) is 0. The fraction of sp³-hybridized carbons (Fsp3) is 0.706. The largest absolute Gasteiger partial charge is 0.454 e. The Kier molecular flexibility index (Phi) is 50.9. The van der Waals surface area contributed by atoms with E-state index in [1.165, 1.54) is 96.3 Å². The zero-order chi connectivity index (χ0) is 57.5. The highest BCUT2D eigenvalue weighted by Crippen LogP contribution is 2.26. The Morgan fingerprint density at radius 3 is 1.33 bits per heavy atom. The molecule has 0 aromatic carbocycles. The van der Waals surface area contributed by atoms with Crippen LogP contribution in [0.4, 0.5) is 0 Å². The lowest BCUT2D eigenvalue weighted by molar-refractivity contribution is -0.305. The summed E-state index contributed by atoms with van der Waals surface area (Å²) < 4.78 is 17.6. The molecular weight excluding hydrogens is 991 g/mol. The standard InChI is InChI=1S/C68H115NO10/c1-4-7-10-13-16-19-22-25-27-29-31-33-35-38-41-44-47-50-53-56-63(73)79-66-65(75)64(74)62(57-70)78-68(66)77-58-59(60(71)54-51-48-45-42-39-36-24-21-18-15-12-9-6-3)69-67(76)61(72)55-52-49-46-43-40-37-34-32-30-28-26-23-20-17-14-11-8-5-2/h16-17,19-20,25-28,31-34,38,40-41,43,51,54,59-62,64-66,68,70-72,74-75H,4-15,18,21-24,29-30,35-37,39,42,44-50,52-53,55-58H2,1-3H3,(H,69,76)/b19-16-,20-17-,27-25-,28-26-,33-31-,34-32-,41-38-,43-40-,54-51+. The van der Waals surface area contributed by atoms with Gasteiger partial charge in [0.25, 0.3) is 0 Å². The maximum atomic E-state index is 13.4. The van der Waals surface area contributed by atoms with Crippen LogP contribution in [0.2, 0.25) is 0 Å². The van der Waals surface area contributed by atoms with Crippen LogP contribution < -0.4 is 5.32 Å². The van der Waals surface area contributed by atoms with Crippen molar-refractivity contribution >= 4 is 11.9 Å². The lowest BCUT2D eigenvalue weighted by atomic mass is 9.99. The van der Waals surface area contributed by atoms with Crippen molar-refractivity contribution in [1.82, 2.24) is 5.32 Å². The van der Waals surface area contributed by atoms with E-state index in [-0.39, 0.29) is 19.4 Å². The van der Waals surface area contributed by atoms with Crippen molar-refractivity contribution in [2.45, 2.75) is 294 Å². The van der Waals surface area contributed by atoms with Crippen molar-refractivity contribution in [3.05, 3.63) is 109 Å². The van der Waals surface area contributed by atoms with E-state index in [1.807, 2.05) is 6.08 Å². The van der Waals surface area contributed by atoms with Crippen molar-refractivity contribution in [3.63, 3.8) is 0 Å². The maximum Gasteiger partial charge on any atom is 0.306 e. The highest BCUT2D eigenvalue weighted by molar-refractivity contribution is 5.80. The molecule has 0 bridgehead atoms. The number of esters is 1. The first-order valence-corrected chi connectivity index (χ1v) is 31.7. The molecule has 0 saturated carbocycles. The number of hydrogen-bond acceptors (Lipinski definition) is 10. The average Bonchev–Trinajstić information content (AvgIpc) is 3.49. The smallest absolute Gasteiger partial charge is 0.306 e. The Bertz CT molecular complexity index is 1700. The van der Waals surface area contributed by atoms with E-state index in [1.54, 1.807) is 6.08 Å². The van der Waals surface area contributed by atoms with Gasteiger partial charge < -0.3 is 45.1 Å². The number of unbranched alkanes of at least 4 members (excludes halogenated alkanes) is 22. The second kappa shape index (κ2) is 54.9. The minimum atomic E-state index is -1.64. The number of rotatable bonds is 52. The predicted molar refractivity (Wildman–Crippen MR) is 328 cm³/mol. The summed E-state index contributed by atoms with van der Waals surface area (Å²) in [5.74, 6) is -1.27. The summed E-state index contributed by atoms with van der Waals surface area (Å²) in [6.45, 7) is 5.69. The highest BCUT2D eigenvalue weighted by Gasteiger charge is 2.47. The number of aliphatic hydroxyl groups is 5. The quantitative estimate of drug-likeness (QED) is 0.0195. The monoisotopic (exact) mass is 1110 g/mol. The van der Waals surface area contributed by atoms with Crippen molar-refractivity contribution in [2.75, 3.05) is 13.2 Å². The van der Waals surface area contributed by atoms with Crippen LogP contribution >= 0.6 is 0 Å². The molecule has 1 rings (SSSR count). The SMILES string of the molecule is CCCCC/C=C\C/C=C\C/C=C\C/C=C\CCCCCC(=O)OC1C(OCC(NC(=O)C(O)CCCC/C=C\C/C=C\C/C=C\C/C=C\CCCCC)C(O)/C=C/CCCCCCCCCCCCC)OC(CO)C(O)C1O. The van der Waals surface area contributed by atoms with E-state index in [0.29, 0.717) is 12.8 Å². The molecule has 0 spiro atoms. The molecule has 0 radical (unpaired) electrons. The van der Waals surface area contributed by atoms with Crippen LogP contribution in [0, 0.1) is 0 Å². The number of hydrogen-bond donors (Lipinski definition) is 6. The lowest BCUT2D eigenvalue weighted by Crippen LogP contribution is -2.61. The molecule has 1 saturated heterocycles. The summed E-state index contributed by atoms with van der Waals surface area (Å²) >= 11 is 0. The molecule has 8 atom stereocenters. The van der Waals surface area contributed by atoms with Crippen LogP contribution in [0.15, 0.2) is 109 Å². The average molecular weight is 1110 g/mol.